The van der Waals surface area contributed by atoms with E-state index in [1.54, 1.807) is 0 Å². The molecule has 0 aromatic heterocycles. The number of rotatable bonds is 0. The topological polar surface area (TPSA) is 18.5 Å². The molecule has 0 radical (unpaired) electrons. The second-order valence-corrected chi connectivity index (χ2v) is 5.42. The number of fused-ring (bicyclic) bond motifs is 1. The molecule has 76 valence electrons. The predicted octanol–water partition coefficient (Wildman–Crippen LogP) is 2.43. The third-order valence-corrected chi connectivity index (χ3v) is 3.43. The lowest BCUT2D eigenvalue weighted by Gasteiger charge is -2.38. The molecule has 2 rings (SSSR count). The normalized spacial score (nSPS) is 40.4. The van der Waals surface area contributed by atoms with Crippen molar-refractivity contribution < 1.29 is 9.47 Å². The van der Waals surface area contributed by atoms with Crippen molar-refractivity contribution in [3.05, 3.63) is 0 Å². The highest BCUT2D eigenvalue weighted by Gasteiger charge is 2.39. The predicted molar refractivity (Wildman–Crippen MR) is 51.4 cm³/mol. The van der Waals surface area contributed by atoms with Gasteiger partial charge in [0.2, 0.25) is 0 Å². The summed E-state index contributed by atoms with van der Waals surface area (Å²) in [5.74, 6) is 1.37. The Morgan fingerprint density at radius 2 is 1.92 bits per heavy atom. The quantitative estimate of drug-likeness (QED) is 0.575. The van der Waals surface area contributed by atoms with E-state index in [0.29, 0.717) is 17.3 Å². The number of hydrogen-bond acceptors (Lipinski definition) is 2. The zero-order chi connectivity index (χ0) is 9.47. The van der Waals surface area contributed by atoms with Gasteiger partial charge in [-0.05, 0) is 24.2 Å². The van der Waals surface area contributed by atoms with Gasteiger partial charge in [-0.25, -0.2) is 0 Å². The van der Waals surface area contributed by atoms with Crippen LogP contribution in [-0.4, -0.2) is 19.5 Å². The van der Waals surface area contributed by atoms with Crippen LogP contribution in [0.3, 0.4) is 0 Å². The van der Waals surface area contributed by atoms with Gasteiger partial charge in [0.25, 0.3) is 0 Å². The summed E-state index contributed by atoms with van der Waals surface area (Å²) in [4.78, 5) is 0. The number of hydrogen-bond donors (Lipinski definition) is 0. The zero-order valence-corrected chi connectivity index (χ0v) is 8.88. The molecule has 0 spiro atoms. The Bertz CT molecular complexity index is 183. The third kappa shape index (κ3) is 1.89. The highest BCUT2D eigenvalue weighted by atomic mass is 16.7. The van der Waals surface area contributed by atoms with Gasteiger partial charge in [0.15, 0.2) is 6.29 Å². The summed E-state index contributed by atoms with van der Waals surface area (Å²) >= 11 is 0. The molecule has 2 aliphatic rings. The maximum Gasteiger partial charge on any atom is 0.160 e. The van der Waals surface area contributed by atoms with E-state index in [2.05, 4.69) is 20.8 Å². The summed E-state index contributed by atoms with van der Waals surface area (Å²) in [5, 5.41) is 0. The van der Waals surface area contributed by atoms with Crippen LogP contribution in [0.4, 0.5) is 0 Å². The van der Waals surface area contributed by atoms with Gasteiger partial charge in [-0.2, -0.15) is 0 Å². The average molecular weight is 184 g/mol. The van der Waals surface area contributed by atoms with Crippen molar-refractivity contribution in [1.29, 1.82) is 0 Å². The summed E-state index contributed by atoms with van der Waals surface area (Å²) in [6.07, 6.45) is 2.60. The summed E-state index contributed by atoms with van der Waals surface area (Å²) in [6, 6.07) is 0. The lowest BCUT2D eigenvalue weighted by atomic mass is 9.74. The lowest BCUT2D eigenvalue weighted by Crippen LogP contribution is -2.37. The molecule has 3 atom stereocenters. The molecule has 0 saturated carbocycles. The van der Waals surface area contributed by atoms with Crippen molar-refractivity contribution in [3.63, 3.8) is 0 Å². The largest absolute Gasteiger partial charge is 0.352 e. The van der Waals surface area contributed by atoms with E-state index >= 15 is 0 Å². The van der Waals surface area contributed by atoms with E-state index in [0.717, 1.165) is 13.2 Å². The molecule has 0 aromatic carbocycles. The van der Waals surface area contributed by atoms with Gasteiger partial charge in [-0.3, -0.25) is 0 Å². The maximum absolute atomic E-state index is 5.72. The molecule has 3 unspecified atom stereocenters. The Labute approximate surface area is 80.6 Å². The fourth-order valence-electron chi connectivity index (χ4n) is 2.27. The van der Waals surface area contributed by atoms with Crippen LogP contribution in [0.2, 0.25) is 0 Å². The minimum atomic E-state index is 0.124. The fourth-order valence-corrected chi connectivity index (χ4v) is 2.27. The van der Waals surface area contributed by atoms with E-state index in [1.165, 1.54) is 12.8 Å². The molecule has 2 saturated heterocycles. The molecule has 2 heteroatoms. The highest BCUT2D eigenvalue weighted by Crippen LogP contribution is 2.40. The molecule has 2 heterocycles. The standard InChI is InChI=1S/C11H20O2/c1-11(2,3)9-6-8-4-5-12-10(8)13-7-9/h8-10H,4-7H2,1-3H3. The first-order chi connectivity index (χ1) is 6.07. The molecule has 13 heavy (non-hydrogen) atoms. The molecule has 0 aromatic rings. The zero-order valence-electron chi connectivity index (χ0n) is 8.88. The minimum absolute atomic E-state index is 0.124. The third-order valence-electron chi connectivity index (χ3n) is 3.43. The Morgan fingerprint density at radius 3 is 2.62 bits per heavy atom. The van der Waals surface area contributed by atoms with Gasteiger partial charge in [-0.15, -0.1) is 0 Å². The number of ether oxygens (including phenoxy) is 2. The Kier molecular flexibility index (Phi) is 2.37. The molecule has 0 aliphatic carbocycles. The van der Waals surface area contributed by atoms with Gasteiger partial charge in [0.05, 0.1) is 13.2 Å². The SMILES string of the molecule is CC(C)(C)C1COC2OCCC2C1. The summed E-state index contributed by atoms with van der Waals surface area (Å²) in [7, 11) is 0. The van der Waals surface area contributed by atoms with Gasteiger partial charge in [-0.1, -0.05) is 20.8 Å². The van der Waals surface area contributed by atoms with Crippen LogP contribution < -0.4 is 0 Å². The van der Waals surface area contributed by atoms with Gasteiger partial charge < -0.3 is 9.47 Å². The molecule has 0 amide bonds. The minimum Gasteiger partial charge on any atom is -0.352 e. The van der Waals surface area contributed by atoms with Crippen LogP contribution in [0, 0.1) is 17.3 Å². The van der Waals surface area contributed by atoms with Crippen LogP contribution in [0.1, 0.15) is 33.6 Å². The molecule has 0 N–H and O–H groups in total. The average Bonchev–Trinajstić information content (AvgIpc) is 2.47. The first kappa shape index (κ1) is 9.47. The molecule has 2 fully saturated rings. The Morgan fingerprint density at radius 1 is 1.15 bits per heavy atom. The molecular formula is C11H20O2. The van der Waals surface area contributed by atoms with Crippen molar-refractivity contribution >= 4 is 0 Å². The van der Waals surface area contributed by atoms with Crippen molar-refractivity contribution in [1.82, 2.24) is 0 Å². The van der Waals surface area contributed by atoms with E-state index in [-0.39, 0.29) is 6.29 Å². The molecule has 2 aliphatic heterocycles. The van der Waals surface area contributed by atoms with Crippen LogP contribution in [0.25, 0.3) is 0 Å². The smallest absolute Gasteiger partial charge is 0.160 e. The van der Waals surface area contributed by atoms with Gasteiger partial charge in [0.1, 0.15) is 0 Å². The van der Waals surface area contributed by atoms with E-state index in [4.69, 9.17) is 9.47 Å². The monoisotopic (exact) mass is 184 g/mol. The Balaban J connectivity index is 1.97. The van der Waals surface area contributed by atoms with Crippen molar-refractivity contribution in [3.8, 4) is 0 Å². The van der Waals surface area contributed by atoms with Crippen molar-refractivity contribution in [2.75, 3.05) is 13.2 Å². The first-order valence-corrected chi connectivity index (χ1v) is 5.30. The maximum atomic E-state index is 5.72. The molecule has 2 nitrogen and oxygen atoms in total. The first-order valence-electron chi connectivity index (χ1n) is 5.30. The van der Waals surface area contributed by atoms with Crippen molar-refractivity contribution in [2.24, 2.45) is 17.3 Å². The van der Waals surface area contributed by atoms with Crippen LogP contribution in [0.5, 0.6) is 0 Å². The van der Waals surface area contributed by atoms with Crippen LogP contribution >= 0.6 is 0 Å². The second kappa shape index (κ2) is 3.25. The van der Waals surface area contributed by atoms with E-state index < -0.39 is 0 Å². The van der Waals surface area contributed by atoms with Crippen LogP contribution in [0.15, 0.2) is 0 Å². The van der Waals surface area contributed by atoms with E-state index in [1.807, 2.05) is 0 Å². The Hall–Kier alpha value is -0.0800. The summed E-state index contributed by atoms with van der Waals surface area (Å²) in [5.41, 5.74) is 0.383. The molecule has 0 bridgehead atoms. The van der Waals surface area contributed by atoms with Crippen LogP contribution in [-0.2, 0) is 9.47 Å². The lowest BCUT2D eigenvalue weighted by molar-refractivity contribution is -0.177. The summed E-state index contributed by atoms with van der Waals surface area (Å²) in [6.45, 7) is 8.68. The van der Waals surface area contributed by atoms with Crippen molar-refractivity contribution in [2.45, 2.75) is 39.9 Å². The van der Waals surface area contributed by atoms with Gasteiger partial charge >= 0.3 is 0 Å². The summed E-state index contributed by atoms with van der Waals surface area (Å²) < 4.78 is 11.2. The molecular weight excluding hydrogens is 164 g/mol. The fraction of sp³-hybridized carbons (Fsp3) is 1.00. The highest BCUT2D eigenvalue weighted by molar-refractivity contribution is 4.83. The second-order valence-electron chi connectivity index (χ2n) is 5.42. The van der Waals surface area contributed by atoms with E-state index in [9.17, 15) is 0 Å². The van der Waals surface area contributed by atoms with Gasteiger partial charge in [0, 0.05) is 5.92 Å².